The lowest BCUT2D eigenvalue weighted by molar-refractivity contribution is 0.102. The summed E-state index contributed by atoms with van der Waals surface area (Å²) in [5, 5.41) is 5.88. The summed E-state index contributed by atoms with van der Waals surface area (Å²) in [5.74, 6) is 0.729. The number of ether oxygens (including phenoxy) is 1. The molecule has 0 atom stereocenters. The van der Waals surface area contributed by atoms with Crippen molar-refractivity contribution in [3.63, 3.8) is 0 Å². The van der Waals surface area contributed by atoms with Gasteiger partial charge in [0.1, 0.15) is 11.5 Å². The number of carbonyl (C=O) groups excluding carboxylic acids is 1. The highest BCUT2D eigenvalue weighted by Gasteiger charge is 2.18. The van der Waals surface area contributed by atoms with Crippen molar-refractivity contribution >= 4 is 23.4 Å². The number of alkyl halides is 2. The Kier molecular flexibility index (Phi) is 7.21. The number of anilines is 3. The van der Waals surface area contributed by atoms with Crippen molar-refractivity contribution < 1.29 is 18.3 Å². The van der Waals surface area contributed by atoms with Gasteiger partial charge >= 0.3 is 0 Å². The maximum atomic E-state index is 12.9. The molecule has 1 fully saturated rings. The van der Waals surface area contributed by atoms with Crippen molar-refractivity contribution in [2.75, 3.05) is 48.4 Å². The maximum Gasteiger partial charge on any atom is 0.280 e. The van der Waals surface area contributed by atoms with Crippen molar-refractivity contribution in [1.29, 1.82) is 0 Å². The molecule has 0 saturated carbocycles. The SMILES string of the molecule is CCNc1nc(-c2cc(NC(=O)c3ccnc(C(F)F)c3)cnc2C)cc(N2CCOCC2)n1. The second kappa shape index (κ2) is 10.5. The van der Waals surface area contributed by atoms with E-state index in [-0.39, 0.29) is 5.56 Å². The van der Waals surface area contributed by atoms with Gasteiger partial charge in [-0.3, -0.25) is 14.8 Å². The van der Waals surface area contributed by atoms with Crippen LogP contribution < -0.4 is 15.5 Å². The Balaban J connectivity index is 1.64. The first-order valence-corrected chi connectivity index (χ1v) is 10.9. The quantitative estimate of drug-likeness (QED) is 0.540. The molecule has 11 heteroatoms. The Morgan fingerprint density at radius 2 is 1.97 bits per heavy atom. The number of aryl methyl sites for hydroxylation is 1. The van der Waals surface area contributed by atoms with Gasteiger partial charge < -0.3 is 20.3 Å². The highest BCUT2D eigenvalue weighted by Crippen LogP contribution is 2.28. The molecule has 3 aromatic rings. The number of pyridine rings is 2. The fourth-order valence-corrected chi connectivity index (χ4v) is 3.54. The van der Waals surface area contributed by atoms with E-state index in [1.165, 1.54) is 18.5 Å². The summed E-state index contributed by atoms with van der Waals surface area (Å²) in [4.78, 5) is 32.0. The monoisotopic (exact) mass is 469 g/mol. The number of carbonyl (C=O) groups is 1. The van der Waals surface area contributed by atoms with Crippen LogP contribution in [0.15, 0.2) is 36.7 Å². The molecule has 0 spiro atoms. The van der Waals surface area contributed by atoms with Crippen molar-refractivity contribution in [2.45, 2.75) is 20.3 Å². The number of hydrogen-bond acceptors (Lipinski definition) is 8. The normalized spacial score (nSPS) is 13.7. The number of nitrogens with one attached hydrogen (secondary N) is 2. The third-order valence-electron chi connectivity index (χ3n) is 5.27. The highest BCUT2D eigenvalue weighted by atomic mass is 19.3. The van der Waals surface area contributed by atoms with Gasteiger partial charge in [-0.15, -0.1) is 0 Å². The summed E-state index contributed by atoms with van der Waals surface area (Å²) >= 11 is 0. The average Bonchev–Trinajstić information content (AvgIpc) is 2.86. The molecule has 0 aliphatic carbocycles. The third-order valence-corrected chi connectivity index (χ3v) is 5.27. The largest absolute Gasteiger partial charge is 0.378 e. The lowest BCUT2D eigenvalue weighted by Crippen LogP contribution is -2.37. The number of aromatic nitrogens is 4. The van der Waals surface area contributed by atoms with Gasteiger partial charge in [-0.25, -0.2) is 13.8 Å². The Hall–Kier alpha value is -3.73. The van der Waals surface area contributed by atoms with E-state index in [9.17, 15) is 13.6 Å². The molecule has 0 radical (unpaired) electrons. The third kappa shape index (κ3) is 5.42. The van der Waals surface area contributed by atoms with Crippen LogP contribution >= 0.6 is 0 Å². The predicted molar refractivity (Wildman–Crippen MR) is 124 cm³/mol. The van der Waals surface area contributed by atoms with Crippen LogP contribution in [0.25, 0.3) is 11.3 Å². The van der Waals surface area contributed by atoms with E-state index in [4.69, 9.17) is 4.74 Å². The van der Waals surface area contributed by atoms with Crippen LogP contribution in [0, 0.1) is 6.92 Å². The topological polar surface area (TPSA) is 105 Å². The summed E-state index contributed by atoms with van der Waals surface area (Å²) in [5.41, 5.74) is 2.13. The van der Waals surface area contributed by atoms with Crippen LogP contribution in [-0.4, -0.2) is 58.7 Å². The van der Waals surface area contributed by atoms with Gasteiger partial charge in [0.05, 0.1) is 30.8 Å². The van der Waals surface area contributed by atoms with E-state index in [1.807, 2.05) is 19.9 Å². The van der Waals surface area contributed by atoms with Gasteiger partial charge in [0, 0.05) is 48.7 Å². The summed E-state index contributed by atoms with van der Waals surface area (Å²) in [6.45, 7) is 7.17. The highest BCUT2D eigenvalue weighted by molar-refractivity contribution is 6.04. The van der Waals surface area contributed by atoms with Crippen LogP contribution in [0.3, 0.4) is 0 Å². The molecular weight excluding hydrogens is 444 g/mol. The van der Waals surface area contributed by atoms with Crippen molar-refractivity contribution in [3.8, 4) is 11.3 Å². The summed E-state index contributed by atoms with van der Waals surface area (Å²) < 4.78 is 31.3. The minimum Gasteiger partial charge on any atom is -0.378 e. The molecule has 2 N–H and O–H groups in total. The second-order valence-corrected chi connectivity index (χ2v) is 7.65. The molecule has 0 bridgehead atoms. The van der Waals surface area contributed by atoms with E-state index in [0.717, 1.165) is 36.2 Å². The first-order valence-electron chi connectivity index (χ1n) is 10.9. The Labute approximate surface area is 195 Å². The van der Waals surface area contributed by atoms with E-state index in [1.54, 1.807) is 6.07 Å². The Morgan fingerprint density at radius 3 is 2.71 bits per heavy atom. The fourth-order valence-electron chi connectivity index (χ4n) is 3.54. The second-order valence-electron chi connectivity index (χ2n) is 7.65. The van der Waals surface area contributed by atoms with Crippen LogP contribution in [0.5, 0.6) is 0 Å². The molecule has 0 aromatic carbocycles. The van der Waals surface area contributed by atoms with Crippen LogP contribution in [0.1, 0.15) is 35.1 Å². The zero-order valence-electron chi connectivity index (χ0n) is 18.9. The van der Waals surface area contributed by atoms with E-state index in [0.29, 0.717) is 37.1 Å². The number of morpholine rings is 1. The first-order chi connectivity index (χ1) is 16.4. The van der Waals surface area contributed by atoms with Gasteiger partial charge in [0.15, 0.2) is 0 Å². The summed E-state index contributed by atoms with van der Waals surface area (Å²) in [6.07, 6.45) is -0.0583. The van der Waals surface area contributed by atoms with Gasteiger partial charge in [-0.1, -0.05) is 0 Å². The van der Waals surface area contributed by atoms with Crippen molar-refractivity contribution in [1.82, 2.24) is 19.9 Å². The van der Waals surface area contributed by atoms with E-state index >= 15 is 0 Å². The molecule has 9 nitrogen and oxygen atoms in total. The van der Waals surface area contributed by atoms with E-state index in [2.05, 4.69) is 35.5 Å². The number of rotatable bonds is 7. The Bertz CT molecular complexity index is 1170. The zero-order valence-corrected chi connectivity index (χ0v) is 18.9. The lowest BCUT2D eigenvalue weighted by atomic mass is 10.1. The molecule has 34 heavy (non-hydrogen) atoms. The number of amides is 1. The standard InChI is InChI=1S/C23H25F2N7O2/c1-3-26-23-30-18(12-20(31-23)32-6-8-34-9-7-32)17-11-16(13-28-14(17)2)29-22(33)15-4-5-27-19(10-15)21(24)25/h4-5,10-13,21H,3,6-9H2,1-2H3,(H,29,33)(H,26,30,31). The molecule has 1 amide bonds. The molecule has 1 aliphatic rings. The van der Waals surface area contributed by atoms with Crippen LogP contribution in [-0.2, 0) is 4.74 Å². The minimum atomic E-state index is -2.76. The first kappa shape index (κ1) is 23.4. The smallest absolute Gasteiger partial charge is 0.280 e. The summed E-state index contributed by atoms with van der Waals surface area (Å²) in [7, 11) is 0. The maximum absolute atomic E-state index is 12.9. The van der Waals surface area contributed by atoms with Crippen molar-refractivity contribution in [2.24, 2.45) is 0 Å². The van der Waals surface area contributed by atoms with Crippen LogP contribution in [0.4, 0.5) is 26.2 Å². The number of hydrogen-bond donors (Lipinski definition) is 2. The van der Waals surface area contributed by atoms with E-state index < -0.39 is 18.0 Å². The number of halogens is 2. The lowest BCUT2D eigenvalue weighted by Gasteiger charge is -2.28. The molecular formula is C23H25F2N7O2. The summed E-state index contributed by atoms with van der Waals surface area (Å²) in [6, 6.07) is 6.10. The molecule has 3 aromatic heterocycles. The van der Waals surface area contributed by atoms with Gasteiger partial charge in [0.25, 0.3) is 12.3 Å². The van der Waals surface area contributed by atoms with Gasteiger partial charge in [-0.05, 0) is 32.0 Å². The molecule has 0 unspecified atom stereocenters. The predicted octanol–water partition coefficient (Wildman–Crippen LogP) is 3.70. The molecule has 1 aliphatic heterocycles. The van der Waals surface area contributed by atoms with Gasteiger partial charge in [-0.2, -0.15) is 4.98 Å². The van der Waals surface area contributed by atoms with Gasteiger partial charge in [0.2, 0.25) is 5.95 Å². The van der Waals surface area contributed by atoms with Crippen LogP contribution in [0.2, 0.25) is 0 Å². The average molecular weight is 469 g/mol. The van der Waals surface area contributed by atoms with Crippen molar-refractivity contribution in [3.05, 3.63) is 53.6 Å². The molecule has 4 rings (SSSR count). The molecule has 178 valence electrons. The minimum absolute atomic E-state index is 0.0819. The molecule has 4 heterocycles. The Morgan fingerprint density at radius 1 is 1.18 bits per heavy atom. The number of nitrogens with zero attached hydrogens (tertiary/aromatic N) is 5. The fraction of sp³-hybridized carbons (Fsp3) is 0.348. The zero-order chi connectivity index (χ0) is 24.1. The molecule has 1 saturated heterocycles.